The average molecular weight is 282 g/mol. The lowest BCUT2D eigenvalue weighted by Gasteiger charge is -2.25. The van der Waals surface area contributed by atoms with Crippen LogP contribution >= 0.6 is 0 Å². The minimum absolute atomic E-state index is 0.131. The Balaban J connectivity index is 2.44. The standard InChI is InChI=1S/C14H22N2O2S/c1-10-8-13(15)11(2)14(9-10)19(17,18)16(3)12-6-4-5-7-12/h8-9,12H,4-7,15H2,1-3H3. The molecule has 0 atom stereocenters. The number of hydrogen-bond acceptors (Lipinski definition) is 3. The third kappa shape index (κ3) is 2.62. The summed E-state index contributed by atoms with van der Waals surface area (Å²) in [6.07, 6.45) is 4.13. The zero-order valence-electron chi connectivity index (χ0n) is 11.8. The third-order valence-corrected chi connectivity index (χ3v) is 6.08. The molecule has 0 amide bonds. The topological polar surface area (TPSA) is 63.4 Å². The van der Waals surface area contributed by atoms with Gasteiger partial charge in [0.1, 0.15) is 0 Å². The first-order valence-corrected chi connectivity index (χ1v) is 8.13. The van der Waals surface area contributed by atoms with E-state index in [1.54, 1.807) is 20.0 Å². The maximum atomic E-state index is 12.7. The van der Waals surface area contributed by atoms with Crippen molar-refractivity contribution in [3.63, 3.8) is 0 Å². The summed E-state index contributed by atoms with van der Waals surface area (Å²) in [4.78, 5) is 0.347. The second-order valence-corrected chi connectivity index (χ2v) is 7.40. The molecule has 2 N–H and O–H groups in total. The first kappa shape index (κ1) is 14.3. The van der Waals surface area contributed by atoms with Gasteiger partial charge in [0.15, 0.2) is 0 Å². The molecule has 2 rings (SSSR count). The number of hydrogen-bond donors (Lipinski definition) is 1. The number of rotatable bonds is 3. The van der Waals surface area contributed by atoms with Crippen molar-refractivity contribution in [2.75, 3.05) is 12.8 Å². The van der Waals surface area contributed by atoms with Gasteiger partial charge in [-0.15, -0.1) is 0 Å². The molecule has 4 nitrogen and oxygen atoms in total. The summed E-state index contributed by atoms with van der Waals surface area (Å²) in [5.41, 5.74) is 7.95. The predicted octanol–water partition coefficient (Wildman–Crippen LogP) is 2.45. The maximum Gasteiger partial charge on any atom is 0.243 e. The van der Waals surface area contributed by atoms with Crippen LogP contribution in [0.1, 0.15) is 36.8 Å². The molecule has 106 valence electrons. The van der Waals surface area contributed by atoms with Gasteiger partial charge in [-0.2, -0.15) is 4.31 Å². The lowest BCUT2D eigenvalue weighted by molar-refractivity contribution is 0.373. The molecule has 0 radical (unpaired) electrons. The predicted molar refractivity (Wildman–Crippen MR) is 77.5 cm³/mol. The molecule has 0 aliphatic heterocycles. The monoisotopic (exact) mass is 282 g/mol. The van der Waals surface area contributed by atoms with Crippen molar-refractivity contribution in [1.29, 1.82) is 0 Å². The zero-order valence-corrected chi connectivity index (χ0v) is 12.6. The Morgan fingerprint density at radius 2 is 1.79 bits per heavy atom. The molecule has 5 heteroatoms. The van der Waals surface area contributed by atoms with Crippen LogP contribution in [-0.2, 0) is 10.0 Å². The van der Waals surface area contributed by atoms with E-state index < -0.39 is 10.0 Å². The molecule has 0 bridgehead atoms. The van der Waals surface area contributed by atoms with Crippen LogP contribution < -0.4 is 5.73 Å². The molecule has 0 aromatic heterocycles. The summed E-state index contributed by atoms with van der Waals surface area (Å²) >= 11 is 0. The number of nitrogen functional groups attached to an aromatic ring is 1. The van der Waals surface area contributed by atoms with Crippen molar-refractivity contribution in [1.82, 2.24) is 4.31 Å². The summed E-state index contributed by atoms with van der Waals surface area (Å²) in [5.74, 6) is 0. The van der Waals surface area contributed by atoms with Crippen molar-refractivity contribution >= 4 is 15.7 Å². The Morgan fingerprint density at radius 1 is 1.21 bits per heavy atom. The Morgan fingerprint density at radius 3 is 2.37 bits per heavy atom. The number of nitrogens with zero attached hydrogens (tertiary/aromatic N) is 1. The highest BCUT2D eigenvalue weighted by molar-refractivity contribution is 7.89. The third-order valence-electron chi connectivity index (χ3n) is 4.04. The highest BCUT2D eigenvalue weighted by atomic mass is 32.2. The highest BCUT2D eigenvalue weighted by Crippen LogP contribution is 2.30. The smallest absolute Gasteiger partial charge is 0.243 e. The molecule has 1 aliphatic carbocycles. The van der Waals surface area contributed by atoms with Gasteiger partial charge in [0.25, 0.3) is 0 Å². The molecule has 19 heavy (non-hydrogen) atoms. The largest absolute Gasteiger partial charge is 0.398 e. The molecule has 0 spiro atoms. The SMILES string of the molecule is Cc1cc(N)c(C)c(S(=O)(=O)N(C)C2CCCC2)c1. The van der Waals surface area contributed by atoms with E-state index in [9.17, 15) is 8.42 Å². The fraction of sp³-hybridized carbons (Fsp3) is 0.571. The number of aryl methyl sites for hydroxylation is 1. The van der Waals surface area contributed by atoms with Gasteiger partial charge in [-0.05, 0) is 49.9 Å². The van der Waals surface area contributed by atoms with Crippen molar-refractivity contribution < 1.29 is 8.42 Å². The van der Waals surface area contributed by atoms with Gasteiger partial charge in [0.2, 0.25) is 10.0 Å². The summed E-state index contributed by atoms with van der Waals surface area (Å²) in [7, 11) is -1.76. The fourth-order valence-electron chi connectivity index (χ4n) is 2.74. The number of sulfonamides is 1. The van der Waals surface area contributed by atoms with Crippen LogP contribution in [0.3, 0.4) is 0 Å². The Bertz CT molecular complexity index is 575. The maximum absolute atomic E-state index is 12.7. The minimum Gasteiger partial charge on any atom is -0.398 e. The van der Waals surface area contributed by atoms with Gasteiger partial charge in [-0.1, -0.05) is 12.8 Å². The van der Waals surface area contributed by atoms with Gasteiger partial charge in [0, 0.05) is 18.8 Å². The Labute approximate surface area is 115 Å². The van der Waals surface area contributed by atoms with Gasteiger partial charge in [0.05, 0.1) is 4.90 Å². The Hall–Kier alpha value is -1.07. The lowest BCUT2D eigenvalue weighted by atomic mass is 10.1. The van der Waals surface area contributed by atoms with E-state index in [4.69, 9.17) is 5.73 Å². The normalized spacial score (nSPS) is 17.3. The molecule has 1 aromatic carbocycles. The molecule has 1 fully saturated rings. The average Bonchev–Trinajstić information content (AvgIpc) is 2.86. The molecule has 1 saturated carbocycles. The van der Waals surface area contributed by atoms with E-state index in [1.165, 1.54) is 4.31 Å². The Kier molecular flexibility index (Phi) is 3.87. The summed E-state index contributed by atoms with van der Waals surface area (Å²) in [6.45, 7) is 3.63. The van der Waals surface area contributed by atoms with Crippen LogP contribution in [0.15, 0.2) is 17.0 Å². The zero-order chi connectivity index (χ0) is 14.2. The van der Waals surface area contributed by atoms with Crippen molar-refractivity contribution in [3.8, 4) is 0 Å². The van der Waals surface area contributed by atoms with Crippen LogP contribution in [0, 0.1) is 13.8 Å². The van der Waals surface area contributed by atoms with Crippen LogP contribution in [0.5, 0.6) is 0 Å². The van der Waals surface area contributed by atoms with E-state index in [2.05, 4.69) is 0 Å². The van der Waals surface area contributed by atoms with Crippen LogP contribution in [0.25, 0.3) is 0 Å². The van der Waals surface area contributed by atoms with Crippen molar-refractivity contribution in [3.05, 3.63) is 23.3 Å². The first-order valence-electron chi connectivity index (χ1n) is 6.69. The second-order valence-electron chi connectivity index (χ2n) is 5.44. The van der Waals surface area contributed by atoms with E-state index in [0.717, 1.165) is 31.2 Å². The minimum atomic E-state index is -3.44. The van der Waals surface area contributed by atoms with Crippen LogP contribution in [-0.4, -0.2) is 25.8 Å². The number of anilines is 1. The van der Waals surface area contributed by atoms with Gasteiger partial charge in [-0.3, -0.25) is 0 Å². The molecular weight excluding hydrogens is 260 g/mol. The number of nitrogens with two attached hydrogens (primary N) is 1. The molecule has 0 unspecified atom stereocenters. The molecule has 1 aliphatic rings. The van der Waals surface area contributed by atoms with Crippen LogP contribution in [0.4, 0.5) is 5.69 Å². The van der Waals surface area contributed by atoms with Gasteiger partial charge in [-0.25, -0.2) is 8.42 Å². The molecule has 1 aromatic rings. The highest BCUT2D eigenvalue weighted by Gasteiger charge is 2.31. The molecule has 0 saturated heterocycles. The van der Waals surface area contributed by atoms with E-state index in [0.29, 0.717) is 16.1 Å². The van der Waals surface area contributed by atoms with Crippen molar-refractivity contribution in [2.24, 2.45) is 0 Å². The van der Waals surface area contributed by atoms with E-state index in [-0.39, 0.29) is 6.04 Å². The summed E-state index contributed by atoms with van der Waals surface area (Å²) in [5, 5.41) is 0. The first-order chi connectivity index (χ1) is 8.84. The van der Waals surface area contributed by atoms with E-state index in [1.807, 2.05) is 13.0 Å². The van der Waals surface area contributed by atoms with E-state index >= 15 is 0 Å². The van der Waals surface area contributed by atoms with Gasteiger partial charge >= 0.3 is 0 Å². The quantitative estimate of drug-likeness (QED) is 0.866. The van der Waals surface area contributed by atoms with Gasteiger partial charge < -0.3 is 5.73 Å². The number of benzene rings is 1. The van der Waals surface area contributed by atoms with Crippen molar-refractivity contribution in [2.45, 2.75) is 50.5 Å². The summed E-state index contributed by atoms with van der Waals surface area (Å²) in [6, 6.07) is 3.65. The second kappa shape index (κ2) is 5.13. The fourth-order valence-corrected chi connectivity index (χ4v) is 4.49. The lowest BCUT2D eigenvalue weighted by Crippen LogP contribution is -2.35. The molecule has 0 heterocycles. The summed E-state index contributed by atoms with van der Waals surface area (Å²) < 4.78 is 27.0. The molecular formula is C14H22N2O2S. The van der Waals surface area contributed by atoms with Crippen LogP contribution in [0.2, 0.25) is 0 Å².